The molecule has 4 heterocycles. The number of fused-ring (bicyclic) bond motifs is 3. The number of rotatable bonds is 19. The maximum absolute atomic E-state index is 14.3. The van der Waals surface area contributed by atoms with Gasteiger partial charge in [0.05, 0.1) is 63.8 Å². The number of aryl methyl sites for hydroxylation is 1. The number of benzene rings is 3. The predicted octanol–water partition coefficient (Wildman–Crippen LogP) is 7.40. The number of aromatic nitrogens is 4. The van der Waals surface area contributed by atoms with Crippen LogP contribution in [-0.2, 0) is 32.1 Å². The molecule has 3 aromatic carbocycles. The summed E-state index contributed by atoms with van der Waals surface area (Å²) in [4.78, 5) is 38.4. The Hall–Kier alpha value is -6.33. The normalized spacial score (nSPS) is 14.6. The average Bonchev–Trinajstić information content (AvgIpc) is 3.59. The second-order valence-corrected chi connectivity index (χ2v) is 19.0. The maximum Gasteiger partial charge on any atom is 0.417 e. The van der Waals surface area contributed by atoms with Crippen LogP contribution >= 0.6 is 0 Å². The van der Waals surface area contributed by atoms with Crippen molar-refractivity contribution in [2.45, 2.75) is 74.7 Å². The molecule has 0 bridgehead atoms. The molecule has 0 radical (unpaired) electrons. The molecule has 1 atom stereocenters. The first-order valence-corrected chi connectivity index (χ1v) is 23.6. The van der Waals surface area contributed by atoms with Crippen LogP contribution in [-0.4, -0.2) is 102 Å². The summed E-state index contributed by atoms with van der Waals surface area (Å²) in [7, 11) is -0.222. The highest BCUT2D eigenvalue weighted by atomic mass is 32.2. The van der Waals surface area contributed by atoms with E-state index >= 15 is 0 Å². The lowest BCUT2D eigenvalue weighted by Crippen LogP contribution is -2.45. The first-order valence-electron chi connectivity index (χ1n) is 21.9. The summed E-state index contributed by atoms with van der Waals surface area (Å²) in [5.41, 5.74) is -0.757. The van der Waals surface area contributed by atoms with Crippen LogP contribution in [0.25, 0.3) is 33.1 Å². The lowest BCUT2D eigenvalue weighted by molar-refractivity contribution is -0.137. The van der Waals surface area contributed by atoms with Gasteiger partial charge < -0.3 is 29.5 Å². The third kappa shape index (κ3) is 11.6. The minimum absolute atomic E-state index is 0.0363. The van der Waals surface area contributed by atoms with Gasteiger partial charge >= 0.3 is 11.9 Å². The van der Waals surface area contributed by atoms with Gasteiger partial charge in [-0.15, -0.1) is 0 Å². The zero-order valence-electron chi connectivity index (χ0n) is 37.4. The third-order valence-electron chi connectivity index (χ3n) is 11.6. The van der Waals surface area contributed by atoms with Crippen molar-refractivity contribution in [3.8, 4) is 28.8 Å². The van der Waals surface area contributed by atoms with E-state index in [2.05, 4.69) is 21.3 Å². The van der Waals surface area contributed by atoms with Crippen LogP contribution in [0.4, 0.5) is 18.9 Å². The molecule has 3 aromatic heterocycles. The lowest BCUT2D eigenvalue weighted by Gasteiger charge is -2.23. The number of sulfone groups is 1. The summed E-state index contributed by atoms with van der Waals surface area (Å²) in [6.07, 6.45) is 3.01. The number of carbonyl (C=O) groups is 1. The zero-order chi connectivity index (χ0) is 47.9. The summed E-state index contributed by atoms with van der Waals surface area (Å²) in [5.74, 6) is -1.38. The number of carbonyl (C=O) groups excluding carboxylic acids is 1. The number of anilines is 1. The van der Waals surface area contributed by atoms with Gasteiger partial charge in [0.15, 0.2) is 15.4 Å². The summed E-state index contributed by atoms with van der Waals surface area (Å²) < 4.78 is 87.8. The van der Waals surface area contributed by atoms with Crippen LogP contribution in [0.2, 0.25) is 0 Å². The molecule has 0 saturated carbocycles. The molecule has 19 heteroatoms. The van der Waals surface area contributed by atoms with Crippen molar-refractivity contribution in [2.75, 3.05) is 58.1 Å². The van der Waals surface area contributed by atoms with Gasteiger partial charge in [-0.25, -0.2) is 18.2 Å². The quantitative estimate of drug-likeness (QED) is 0.0767. The van der Waals surface area contributed by atoms with Crippen molar-refractivity contribution in [1.29, 1.82) is 5.26 Å². The molecule has 6 aromatic rings. The van der Waals surface area contributed by atoms with Crippen LogP contribution in [0.3, 0.4) is 0 Å². The zero-order valence-corrected chi connectivity index (χ0v) is 38.2. The Labute approximate surface area is 385 Å². The van der Waals surface area contributed by atoms with E-state index < -0.39 is 44.4 Å². The summed E-state index contributed by atoms with van der Waals surface area (Å²) in [5, 5.41) is 22.8. The number of hydrogen-bond acceptors (Lipinski definition) is 12. The molecule has 2 N–H and O–H groups in total. The van der Waals surface area contributed by atoms with Crippen LogP contribution in [0.15, 0.2) is 94.9 Å². The first-order chi connectivity index (χ1) is 31.9. The highest BCUT2D eigenvalue weighted by molar-refractivity contribution is 7.91. The van der Waals surface area contributed by atoms with E-state index in [0.29, 0.717) is 82.8 Å². The number of pyridine rings is 2. The average molecular weight is 944 g/mol. The van der Waals surface area contributed by atoms with Crippen molar-refractivity contribution < 1.29 is 45.7 Å². The second-order valence-electron chi connectivity index (χ2n) is 17.0. The van der Waals surface area contributed by atoms with Gasteiger partial charge in [0.25, 0.3) is 5.91 Å². The Morgan fingerprint density at radius 2 is 1.67 bits per heavy atom. The van der Waals surface area contributed by atoms with Gasteiger partial charge in [0.1, 0.15) is 5.75 Å². The van der Waals surface area contributed by atoms with Gasteiger partial charge in [0.2, 0.25) is 5.88 Å². The topological polar surface area (TPSA) is 191 Å². The molecule has 1 fully saturated rings. The van der Waals surface area contributed by atoms with Gasteiger partial charge in [0, 0.05) is 61.2 Å². The summed E-state index contributed by atoms with van der Waals surface area (Å²) >= 11 is 0. The van der Waals surface area contributed by atoms with E-state index in [0.717, 1.165) is 65.1 Å². The smallest absolute Gasteiger partial charge is 0.417 e. The van der Waals surface area contributed by atoms with Crippen LogP contribution in [0.1, 0.15) is 62.6 Å². The Morgan fingerprint density at radius 1 is 0.940 bits per heavy atom. The molecule has 0 aliphatic carbocycles. The third-order valence-corrected chi connectivity index (χ3v) is 13.5. The van der Waals surface area contributed by atoms with Gasteiger partial charge in [-0.1, -0.05) is 6.07 Å². The number of ether oxygens (including phenoxy) is 3. The largest absolute Gasteiger partial charge is 0.494 e. The SMILES string of the molecule is CN(C)CCCOc1ccc(-c2ccc3ncc4c(c3c2)n(C2CCOCC2)c(=O)n4CCCCCOc2ccc(S(=O)(=O)C[C@](C)(O)C(=O)Nc3ccc(C#N)c(C(F)(F)F)c3)cc2)cn1. The fraction of sp³-hybridized carbons (Fsp3) is 0.396. The van der Waals surface area contributed by atoms with E-state index in [4.69, 9.17) is 24.5 Å². The number of halogens is 3. The number of aliphatic hydroxyl groups is 1. The van der Waals surface area contributed by atoms with Crippen molar-refractivity contribution >= 4 is 43.4 Å². The van der Waals surface area contributed by atoms with E-state index in [-0.39, 0.29) is 22.3 Å². The number of imidazole rings is 1. The van der Waals surface area contributed by atoms with Gasteiger partial charge in [-0.3, -0.25) is 18.9 Å². The molecule has 67 heavy (non-hydrogen) atoms. The molecule has 7 rings (SSSR count). The summed E-state index contributed by atoms with van der Waals surface area (Å²) in [6.45, 7) is 4.31. The second kappa shape index (κ2) is 20.7. The van der Waals surface area contributed by atoms with E-state index in [1.54, 1.807) is 17.0 Å². The van der Waals surface area contributed by atoms with E-state index in [1.165, 1.54) is 30.3 Å². The fourth-order valence-corrected chi connectivity index (χ4v) is 9.63. The molecular weight excluding hydrogens is 892 g/mol. The Morgan fingerprint density at radius 3 is 2.36 bits per heavy atom. The monoisotopic (exact) mass is 943 g/mol. The Balaban J connectivity index is 0.966. The van der Waals surface area contributed by atoms with Crippen LogP contribution < -0.4 is 20.5 Å². The highest BCUT2D eigenvalue weighted by Crippen LogP contribution is 2.35. The minimum Gasteiger partial charge on any atom is -0.494 e. The van der Waals surface area contributed by atoms with Crippen molar-refractivity contribution in [1.82, 2.24) is 24.0 Å². The minimum atomic E-state index is -4.89. The predicted molar refractivity (Wildman–Crippen MR) is 246 cm³/mol. The van der Waals surface area contributed by atoms with E-state index in [9.17, 15) is 36.3 Å². The number of amides is 1. The number of alkyl halides is 3. The number of nitrogens with one attached hydrogen (secondary N) is 1. The van der Waals surface area contributed by atoms with Crippen LogP contribution in [0, 0.1) is 11.3 Å². The van der Waals surface area contributed by atoms with Crippen molar-refractivity contribution in [3.63, 3.8) is 0 Å². The Bertz CT molecular complexity index is 2920. The molecule has 15 nitrogen and oxygen atoms in total. The standard InChI is InChI=1S/C48H52F3N7O8S/c1-47(61,45(59)55-35-11-8-33(28-52)40(27-35)48(49,50)51)31-67(62,63)38-14-12-37(13-15-38)65-22-6-4-5-21-57-42-30-53-41-16-9-32(34-10-17-43(54-29-34)66-23-7-20-56(2)3)26-39(41)44(42)58(46(57)60)36-18-24-64-25-19-36/h8-17,26-27,29-30,36,61H,4-7,18-25,31H2,1-3H3,(H,55,59)/t47-/m0/s1. The summed E-state index contributed by atoms with van der Waals surface area (Å²) in [6, 6.07) is 19.2. The van der Waals surface area contributed by atoms with Gasteiger partial charge in [-0.2, -0.15) is 18.4 Å². The highest BCUT2D eigenvalue weighted by Gasteiger charge is 2.38. The molecule has 1 saturated heterocycles. The Kier molecular flexibility index (Phi) is 15.0. The van der Waals surface area contributed by atoms with Crippen molar-refractivity contribution in [3.05, 3.63) is 107 Å². The van der Waals surface area contributed by atoms with Crippen molar-refractivity contribution in [2.24, 2.45) is 0 Å². The molecule has 1 aliphatic heterocycles. The lowest BCUT2D eigenvalue weighted by atomic mass is 10.0. The van der Waals surface area contributed by atoms with E-state index in [1.807, 2.05) is 42.9 Å². The number of nitrogens with zero attached hydrogens (tertiary/aromatic N) is 6. The molecule has 0 spiro atoms. The van der Waals surface area contributed by atoms with Gasteiger partial charge in [-0.05, 0) is 126 Å². The fourth-order valence-electron chi connectivity index (χ4n) is 8.04. The molecule has 1 aliphatic rings. The maximum atomic E-state index is 14.3. The molecule has 1 amide bonds. The molecular formula is C48H52F3N7O8S. The number of unbranched alkanes of at least 4 members (excludes halogenated alkanes) is 2. The number of nitriles is 1. The van der Waals surface area contributed by atoms with Crippen LogP contribution in [0.5, 0.6) is 11.6 Å². The molecule has 354 valence electrons. The number of hydrogen-bond donors (Lipinski definition) is 2. The first kappa shape index (κ1) is 48.6. The molecule has 0 unspecified atom stereocenters.